The second kappa shape index (κ2) is 5.75. The van der Waals surface area contributed by atoms with Crippen molar-refractivity contribution in [3.05, 3.63) is 102 Å². The first-order chi connectivity index (χ1) is 12.4. The molecule has 118 valence electrons. The van der Waals surface area contributed by atoms with Crippen molar-refractivity contribution < 1.29 is 0 Å². The molecule has 0 saturated heterocycles. The van der Waals surface area contributed by atoms with E-state index >= 15 is 0 Å². The quantitative estimate of drug-likeness (QED) is 0.384. The Morgan fingerprint density at radius 1 is 0.520 bits per heavy atom. The summed E-state index contributed by atoms with van der Waals surface area (Å²) in [5.74, 6) is 0. The molecule has 0 saturated carbocycles. The molecule has 4 aromatic rings. The van der Waals surface area contributed by atoms with Crippen molar-refractivity contribution in [2.45, 2.75) is 6.42 Å². The van der Waals surface area contributed by atoms with E-state index in [1.165, 1.54) is 44.2 Å². The zero-order valence-electron chi connectivity index (χ0n) is 13.9. The highest BCUT2D eigenvalue weighted by Gasteiger charge is 2.15. The summed E-state index contributed by atoms with van der Waals surface area (Å²) in [5.41, 5.74) is 8.03. The molecule has 0 bridgehead atoms. The molecule has 4 aromatic carbocycles. The number of allylic oxidation sites excluding steroid dienone is 1. The van der Waals surface area contributed by atoms with Crippen LogP contribution in [0.4, 0.5) is 0 Å². The maximum Gasteiger partial charge on any atom is -0.00879 e. The van der Waals surface area contributed by atoms with Crippen LogP contribution in [0.3, 0.4) is 0 Å². The number of benzene rings is 4. The Hall–Kier alpha value is -3.12. The lowest BCUT2D eigenvalue weighted by Gasteiger charge is -2.15. The Morgan fingerprint density at radius 3 is 2.08 bits per heavy atom. The number of hydrogen-bond donors (Lipinski definition) is 0. The van der Waals surface area contributed by atoms with E-state index in [-0.39, 0.29) is 0 Å². The van der Waals surface area contributed by atoms with Gasteiger partial charge in [0, 0.05) is 0 Å². The van der Waals surface area contributed by atoms with Gasteiger partial charge in [-0.2, -0.15) is 0 Å². The molecule has 1 aliphatic carbocycles. The van der Waals surface area contributed by atoms with Crippen LogP contribution in [0.15, 0.2) is 91.0 Å². The van der Waals surface area contributed by atoms with Gasteiger partial charge in [0.25, 0.3) is 0 Å². The highest BCUT2D eigenvalue weighted by atomic mass is 14.2. The SMILES string of the molecule is C1=Cc2c(cccc2-c2ccccc2-c2cccc3ccccc23)C1. The molecule has 5 rings (SSSR count). The molecule has 0 N–H and O–H groups in total. The third-order valence-corrected chi connectivity index (χ3v) is 5.12. The third-order valence-electron chi connectivity index (χ3n) is 5.12. The fourth-order valence-corrected chi connectivity index (χ4v) is 3.94. The zero-order chi connectivity index (χ0) is 16.6. The van der Waals surface area contributed by atoms with Gasteiger partial charge in [-0.1, -0.05) is 97.1 Å². The minimum atomic E-state index is 1.04. The molecule has 0 amide bonds. The standard InChI is InChI=1S/C25H18/c1-2-12-20-18(8-1)10-6-16-22(20)24-13-3-4-14-25(24)23-17-7-11-19-9-5-15-21(19)23/h1-8,10-17H,9H2. The van der Waals surface area contributed by atoms with Crippen molar-refractivity contribution in [2.24, 2.45) is 0 Å². The van der Waals surface area contributed by atoms with Crippen LogP contribution in [0, 0.1) is 0 Å². The van der Waals surface area contributed by atoms with Gasteiger partial charge in [0.1, 0.15) is 0 Å². The van der Waals surface area contributed by atoms with Gasteiger partial charge in [0.15, 0.2) is 0 Å². The average molecular weight is 318 g/mol. The molecule has 0 heteroatoms. The minimum absolute atomic E-state index is 1.04. The van der Waals surface area contributed by atoms with Crippen LogP contribution in [0.2, 0.25) is 0 Å². The van der Waals surface area contributed by atoms with Crippen molar-refractivity contribution in [2.75, 3.05) is 0 Å². The summed E-state index contributed by atoms with van der Waals surface area (Å²) in [6.45, 7) is 0. The lowest BCUT2D eigenvalue weighted by atomic mass is 9.89. The highest BCUT2D eigenvalue weighted by Crippen LogP contribution is 2.39. The number of hydrogen-bond acceptors (Lipinski definition) is 0. The van der Waals surface area contributed by atoms with Crippen molar-refractivity contribution >= 4 is 16.8 Å². The summed E-state index contributed by atoms with van der Waals surface area (Å²) >= 11 is 0. The largest absolute Gasteiger partial charge is 0.0795 e. The first-order valence-electron chi connectivity index (χ1n) is 8.78. The maximum absolute atomic E-state index is 2.27. The van der Waals surface area contributed by atoms with Crippen LogP contribution in [0.25, 0.3) is 39.1 Å². The van der Waals surface area contributed by atoms with Crippen LogP contribution in [-0.2, 0) is 6.42 Å². The fraction of sp³-hybridized carbons (Fsp3) is 0.0400. The van der Waals surface area contributed by atoms with E-state index in [4.69, 9.17) is 0 Å². The molecule has 0 aliphatic heterocycles. The Morgan fingerprint density at radius 2 is 1.16 bits per heavy atom. The second-order valence-corrected chi connectivity index (χ2v) is 6.56. The van der Waals surface area contributed by atoms with Gasteiger partial charge in [-0.3, -0.25) is 0 Å². The maximum atomic E-state index is 2.27. The number of fused-ring (bicyclic) bond motifs is 2. The summed E-state index contributed by atoms with van der Waals surface area (Å²) in [5, 5.41) is 2.59. The second-order valence-electron chi connectivity index (χ2n) is 6.56. The Kier molecular flexibility index (Phi) is 3.28. The predicted octanol–water partition coefficient (Wildman–Crippen LogP) is 6.74. The molecule has 0 nitrogen and oxygen atoms in total. The predicted molar refractivity (Wildman–Crippen MR) is 108 cm³/mol. The molecular formula is C25H18. The van der Waals surface area contributed by atoms with Gasteiger partial charge < -0.3 is 0 Å². The smallest absolute Gasteiger partial charge is 0.00879 e. The van der Waals surface area contributed by atoms with Crippen LogP contribution in [0.5, 0.6) is 0 Å². The molecule has 25 heavy (non-hydrogen) atoms. The topological polar surface area (TPSA) is 0 Å². The van der Waals surface area contributed by atoms with E-state index in [2.05, 4.69) is 97.1 Å². The van der Waals surface area contributed by atoms with Crippen LogP contribution < -0.4 is 0 Å². The van der Waals surface area contributed by atoms with E-state index in [0.29, 0.717) is 0 Å². The molecule has 0 unspecified atom stereocenters. The minimum Gasteiger partial charge on any atom is -0.0795 e. The summed E-state index contributed by atoms with van der Waals surface area (Å²) in [6.07, 6.45) is 5.57. The first kappa shape index (κ1) is 14.2. The van der Waals surface area contributed by atoms with Gasteiger partial charge in [-0.15, -0.1) is 0 Å². The Balaban J connectivity index is 1.80. The monoisotopic (exact) mass is 318 g/mol. The summed E-state index contributed by atoms with van der Waals surface area (Å²) < 4.78 is 0. The average Bonchev–Trinajstić information content (AvgIpc) is 3.16. The van der Waals surface area contributed by atoms with Crippen molar-refractivity contribution in [1.82, 2.24) is 0 Å². The lowest BCUT2D eigenvalue weighted by molar-refractivity contribution is 1.31. The molecule has 0 aromatic heterocycles. The van der Waals surface area contributed by atoms with E-state index in [1.54, 1.807) is 0 Å². The molecule has 0 spiro atoms. The van der Waals surface area contributed by atoms with Gasteiger partial charge in [0.2, 0.25) is 0 Å². The van der Waals surface area contributed by atoms with Crippen molar-refractivity contribution in [1.29, 1.82) is 0 Å². The third kappa shape index (κ3) is 2.30. The Bertz CT molecular complexity index is 1110. The van der Waals surface area contributed by atoms with Gasteiger partial charge in [-0.05, 0) is 50.6 Å². The van der Waals surface area contributed by atoms with Crippen LogP contribution in [0.1, 0.15) is 11.1 Å². The summed E-state index contributed by atoms with van der Waals surface area (Å²) in [6, 6.07) is 30.6. The van der Waals surface area contributed by atoms with E-state index in [1.807, 2.05) is 0 Å². The number of rotatable bonds is 2. The molecular weight excluding hydrogens is 300 g/mol. The summed E-state index contributed by atoms with van der Waals surface area (Å²) in [7, 11) is 0. The molecule has 0 atom stereocenters. The van der Waals surface area contributed by atoms with Crippen LogP contribution >= 0.6 is 0 Å². The van der Waals surface area contributed by atoms with Gasteiger partial charge in [0.05, 0.1) is 0 Å². The van der Waals surface area contributed by atoms with E-state index < -0.39 is 0 Å². The van der Waals surface area contributed by atoms with Crippen molar-refractivity contribution in [3.8, 4) is 22.3 Å². The summed E-state index contributed by atoms with van der Waals surface area (Å²) in [4.78, 5) is 0. The van der Waals surface area contributed by atoms with Crippen molar-refractivity contribution in [3.63, 3.8) is 0 Å². The molecule has 1 aliphatic rings. The normalized spacial score (nSPS) is 12.5. The zero-order valence-corrected chi connectivity index (χ0v) is 13.9. The van der Waals surface area contributed by atoms with E-state index in [0.717, 1.165) is 6.42 Å². The first-order valence-corrected chi connectivity index (χ1v) is 8.78. The molecule has 0 heterocycles. The van der Waals surface area contributed by atoms with Gasteiger partial charge >= 0.3 is 0 Å². The lowest BCUT2D eigenvalue weighted by Crippen LogP contribution is -1.90. The van der Waals surface area contributed by atoms with Gasteiger partial charge in [-0.25, -0.2) is 0 Å². The molecule has 0 radical (unpaired) electrons. The molecule has 0 fully saturated rings. The highest BCUT2D eigenvalue weighted by molar-refractivity contribution is 6.01. The van der Waals surface area contributed by atoms with Crippen LogP contribution in [-0.4, -0.2) is 0 Å². The fourth-order valence-electron chi connectivity index (χ4n) is 3.94. The van der Waals surface area contributed by atoms with E-state index in [9.17, 15) is 0 Å². The Labute approximate surface area is 148 Å².